The molecule has 0 amide bonds. The molecule has 1 spiro atoms. The summed E-state index contributed by atoms with van der Waals surface area (Å²) in [6.45, 7) is 7.60. The first-order valence-electron chi connectivity index (χ1n) is 7.99. The van der Waals surface area contributed by atoms with Gasteiger partial charge in [0.1, 0.15) is 9.84 Å². The molecule has 1 saturated carbocycles. The Morgan fingerprint density at radius 3 is 2.50 bits per heavy atom. The van der Waals surface area contributed by atoms with Gasteiger partial charge in [0.05, 0.1) is 5.75 Å². The minimum atomic E-state index is -2.83. The Morgan fingerprint density at radius 2 is 1.95 bits per heavy atom. The number of sulfone groups is 1. The molecule has 0 aromatic rings. The number of piperazine rings is 1. The van der Waals surface area contributed by atoms with E-state index in [9.17, 15) is 8.42 Å². The van der Waals surface area contributed by atoms with Crippen LogP contribution in [0.15, 0.2) is 0 Å². The molecule has 0 bridgehead atoms. The molecular formula is C15H30N2O2S. The molecule has 0 radical (unpaired) electrons. The van der Waals surface area contributed by atoms with Crippen molar-refractivity contribution < 1.29 is 8.42 Å². The van der Waals surface area contributed by atoms with Crippen LogP contribution in [0.25, 0.3) is 0 Å². The minimum Gasteiger partial charge on any atom is -0.311 e. The molecule has 118 valence electrons. The average Bonchev–Trinajstić information content (AvgIpc) is 2.79. The molecule has 1 heterocycles. The van der Waals surface area contributed by atoms with Gasteiger partial charge in [0, 0.05) is 30.9 Å². The van der Waals surface area contributed by atoms with Crippen molar-refractivity contribution in [2.75, 3.05) is 31.6 Å². The normalized spacial score (nSPS) is 27.5. The summed E-state index contributed by atoms with van der Waals surface area (Å²) in [7, 11) is -2.83. The number of rotatable bonds is 5. The Balaban J connectivity index is 1.98. The van der Waals surface area contributed by atoms with Crippen molar-refractivity contribution in [2.24, 2.45) is 5.92 Å². The van der Waals surface area contributed by atoms with Crippen LogP contribution in [0.4, 0.5) is 0 Å². The van der Waals surface area contributed by atoms with Gasteiger partial charge in [-0.05, 0) is 31.7 Å². The van der Waals surface area contributed by atoms with E-state index < -0.39 is 9.84 Å². The molecule has 2 fully saturated rings. The lowest BCUT2D eigenvalue weighted by atomic mass is 9.88. The molecule has 1 unspecified atom stereocenters. The molecular weight excluding hydrogens is 272 g/mol. The summed E-state index contributed by atoms with van der Waals surface area (Å²) in [4.78, 5) is 2.60. The first-order valence-corrected chi connectivity index (χ1v) is 10.0. The molecule has 1 N–H and O–H groups in total. The van der Waals surface area contributed by atoms with Gasteiger partial charge >= 0.3 is 0 Å². The van der Waals surface area contributed by atoms with E-state index in [0.29, 0.717) is 23.3 Å². The van der Waals surface area contributed by atoms with Gasteiger partial charge in [0.2, 0.25) is 0 Å². The third-order valence-corrected chi connectivity index (χ3v) is 6.09. The minimum absolute atomic E-state index is 0.308. The molecule has 2 aliphatic rings. The quantitative estimate of drug-likeness (QED) is 0.839. The van der Waals surface area contributed by atoms with Crippen LogP contribution < -0.4 is 5.32 Å². The highest BCUT2D eigenvalue weighted by molar-refractivity contribution is 7.90. The van der Waals surface area contributed by atoms with Crippen LogP contribution in [0.5, 0.6) is 0 Å². The standard InChI is InChI=1S/C15H30N2O2S/c1-13(2)14-11-17(9-6-10-20(3,18)19)15(12-16-14)7-4-5-8-15/h13-14,16H,4-12H2,1-3H3. The van der Waals surface area contributed by atoms with Gasteiger partial charge in [-0.15, -0.1) is 0 Å². The van der Waals surface area contributed by atoms with E-state index in [1.54, 1.807) is 0 Å². The Morgan fingerprint density at radius 1 is 1.30 bits per heavy atom. The van der Waals surface area contributed by atoms with Gasteiger partial charge < -0.3 is 5.32 Å². The number of nitrogens with one attached hydrogen (secondary N) is 1. The van der Waals surface area contributed by atoms with E-state index in [1.165, 1.54) is 31.9 Å². The van der Waals surface area contributed by atoms with Gasteiger partial charge in [0.25, 0.3) is 0 Å². The second-order valence-corrected chi connectivity index (χ2v) is 9.35. The van der Waals surface area contributed by atoms with Gasteiger partial charge in [-0.2, -0.15) is 0 Å². The zero-order chi connectivity index (χ0) is 14.8. The predicted octanol–water partition coefficient (Wildman–Crippen LogP) is 1.66. The van der Waals surface area contributed by atoms with Crippen molar-refractivity contribution in [1.82, 2.24) is 10.2 Å². The molecule has 2 rings (SSSR count). The Hall–Kier alpha value is -0.130. The second kappa shape index (κ2) is 6.32. The van der Waals surface area contributed by atoms with Gasteiger partial charge in [-0.25, -0.2) is 8.42 Å². The van der Waals surface area contributed by atoms with E-state index in [0.717, 1.165) is 26.1 Å². The maximum Gasteiger partial charge on any atom is 0.147 e. The lowest BCUT2D eigenvalue weighted by Gasteiger charge is -2.49. The zero-order valence-electron chi connectivity index (χ0n) is 13.2. The van der Waals surface area contributed by atoms with Crippen molar-refractivity contribution in [3.05, 3.63) is 0 Å². The topological polar surface area (TPSA) is 49.4 Å². The summed E-state index contributed by atoms with van der Waals surface area (Å²) in [5, 5.41) is 3.73. The van der Waals surface area contributed by atoms with Crippen molar-refractivity contribution in [3.63, 3.8) is 0 Å². The van der Waals surface area contributed by atoms with E-state index in [1.807, 2.05) is 0 Å². The van der Waals surface area contributed by atoms with Crippen LogP contribution in [0.1, 0.15) is 46.0 Å². The highest BCUT2D eigenvalue weighted by atomic mass is 32.2. The van der Waals surface area contributed by atoms with Gasteiger partial charge in [-0.3, -0.25) is 4.90 Å². The molecule has 5 heteroatoms. The summed E-state index contributed by atoms with van der Waals surface area (Å²) in [5.74, 6) is 0.950. The van der Waals surface area contributed by atoms with E-state index in [2.05, 4.69) is 24.1 Å². The highest BCUT2D eigenvalue weighted by Gasteiger charge is 2.43. The SMILES string of the molecule is CC(C)C1CN(CCCS(C)(=O)=O)C2(CCCC2)CN1. The molecule has 4 nitrogen and oxygen atoms in total. The lowest BCUT2D eigenvalue weighted by Crippen LogP contribution is -2.64. The Kier molecular flexibility index (Phi) is 5.14. The fourth-order valence-corrected chi connectivity index (χ4v) is 4.40. The Labute approximate surface area is 124 Å². The van der Waals surface area contributed by atoms with Crippen LogP contribution in [0.3, 0.4) is 0 Å². The second-order valence-electron chi connectivity index (χ2n) is 7.09. The third kappa shape index (κ3) is 3.95. The monoisotopic (exact) mass is 302 g/mol. The van der Waals surface area contributed by atoms with Gasteiger partial charge in [0.15, 0.2) is 0 Å². The highest BCUT2D eigenvalue weighted by Crippen LogP contribution is 2.37. The zero-order valence-corrected chi connectivity index (χ0v) is 14.0. The molecule has 1 aliphatic heterocycles. The molecule has 20 heavy (non-hydrogen) atoms. The van der Waals surface area contributed by atoms with E-state index in [4.69, 9.17) is 0 Å². The van der Waals surface area contributed by atoms with Crippen LogP contribution in [-0.4, -0.2) is 56.5 Å². The maximum absolute atomic E-state index is 11.3. The van der Waals surface area contributed by atoms with Crippen molar-refractivity contribution >= 4 is 9.84 Å². The fourth-order valence-electron chi connectivity index (χ4n) is 3.75. The first-order chi connectivity index (χ1) is 9.32. The van der Waals surface area contributed by atoms with Crippen LogP contribution in [0.2, 0.25) is 0 Å². The van der Waals surface area contributed by atoms with Crippen LogP contribution >= 0.6 is 0 Å². The van der Waals surface area contributed by atoms with E-state index >= 15 is 0 Å². The molecule has 1 aliphatic carbocycles. The molecule has 1 saturated heterocycles. The van der Waals surface area contributed by atoms with Gasteiger partial charge in [-0.1, -0.05) is 26.7 Å². The fraction of sp³-hybridized carbons (Fsp3) is 1.00. The number of nitrogens with zero attached hydrogens (tertiary/aromatic N) is 1. The maximum atomic E-state index is 11.3. The predicted molar refractivity (Wildman–Crippen MR) is 83.7 cm³/mol. The molecule has 0 aromatic heterocycles. The Bertz CT molecular complexity index is 414. The summed E-state index contributed by atoms with van der Waals surface area (Å²) in [6.07, 6.45) is 7.28. The first kappa shape index (κ1) is 16.2. The van der Waals surface area contributed by atoms with Crippen molar-refractivity contribution in [3.8, 4) is 0 Å². The van der Waals surface area contributed by atoms with Crippen LogP contribution in [-0.2, 0) is 9.84 Å². The summed E-state index contributed by atoms with van der Waals surface area (Å²) >= 11 is 0. The van der Waals surface area contributed by atoms with Crippen LogP contribution in [0, 0.1) is 5.92 Å². The average molecular weight is 302 g/mol. The summed E-state index contributed by atoms with van der Waals surface area (Å²) in [5.41, 5.74) is 0.308. The largest absolute Gasteiger partial charge is 0.311 e. The van der Waals surface area contributed by atoms with Crippen molar-refractivity contribution in [1.29, 1.82) is 0 Å². The number of hydrogen-bond acceptors (Lipinski definition) is 4. The smallest absolute Gasteiger partial charge is 0.147 e. The van der Waals surface area contributed by atoms with E-state index in [-0.39, 0.29) is 0 Å². The lowest BCUT2D eigenvalue weighted by molar-refractivity contribution is 0.0334. The summed E-state index contributed by atoms with van der Waals surface area (Å²) in [6, 6.07) is 0.541. The third-order valence-electron chi connectivity index (χ3n) is 5.06. The summed E-state index contributed by atoms with van der Waals surface area (Å²) < 4.78 is 22.7. The van der Waals surface area contributed by atoms with Crippen molar-refractivity contribution in [2.45, 2.75) is 57.5 Å². The molecule has 1 atom stereocenters. The molecule has 0 aromatic carbocycles. The number of hydrogen-bond donors (Lipinski definition) is 1.